The van der Waals surface area contributed by atoms with E-state index in [1.54, 1.807) is 19.9 Å². The quantitative estimate of drug-likeness (QED) is 0.643. The minimum atomic E-state index is -1.03. The van der Waals surface area contributed by atoms with E-state index in [-0.39, 0.29) is 17.2 Å². The molecule has 0 atom stereocenters. The number of carbonyl (C=O) groups is 2. The van der Waals surface area contributed by atoms with Crippen molar-refractivity contribution in [2.45, 2.75) is 19.4 Å². The van der Waals surface area contributed by atoms with E-state index in [2.05, 4.69) is 5.32 Å². The van der Waals surface area contributed by atoms with Gasteiger partial charge < -0.3 is 10.2 Å². The van der Waals surface area contributed by atoms with Gasteiger partial charge in [-0.2, -0.15) is 0 Å². The van der Waals surface area contributed by atoms with Crippen LogP contribution in [-0.2, 0) is 4.79 Å². The van der Waals surface area contributed by atoms with Crippen LogP contribution in [0.4, 0.5) is 5.69 Å². The molecule has 1 aliphatic heterocycles. The molecule has 1 aromatic carbocycles. The van der Waals surface area contributed by atoms with Crippen LogP contribution >= 0.6 is 0 Å². The van der Waals surface area contributed by atoms with E-state index in [4.69, 9.17) is 0 Å². The van der Waals surface area contributed by atoms with E-state index < -0.39 is 16.4 Å². The molecule has 0 aromatic heterocycles. The highest BCUT2D eigenvalue weighted by molar-refractivity contribution is 6.02. The fourth-order valence-electron chi connectivity index (χ4n) is 2.21. The van der Waals surface area contributed by atoms with Crippen molar-refractivity contribution in [1.29, 1.82) is 0 Å². The predicted molar refractivity (Wildman–Crippen MR) is 71.2 cm³/mol. The second-order valence-corrected chi connectivity index (χ2v) is 5.05. The molecule has 0 unspecified atom stereocenters. The average Bonchev–Trinajstić information content (AvgIpc) is 2.41. The summed E-state index contributed by atoms with van der Waals surface area (Å²) in [5, 5.41) is 13.7. The molecule has 1 fully saturated rings. The highest BCUT2D eigenvalue weighted by atomic mass is 16.6. The van der Waals surface area contributed by atoms with E-state index in [0.717, 1.165) is 0 Å². The standard InChI is InChI=1S/C13H15N3O4/c1-13(2)12(18)14-7-8-15(13)11(17)9-5-3-4-6-10(9)16(19)20/h3-6H,7-8H2,1-2H3,(H,14,18). The minimum Gasteiger partial charge on any atom is -0.352 e. The first kappa shape index (κ1) is 14.0. The molecule has 0 bridgehead atoms. The van der Waals surface area contributed by atoms with Gasteiger partial charge in [0.1, 0.15) is 11.1 Å². The van der Waals surface area contributed by atoms with Gasteiger partial charge in [0.15, 0.2) is 0 Å². The van der Waals surface area contributed by atoms with Gasteiger partial charge in [-0.15, -0.1) is 0 Å². The fraction of sp³-hybridized carbons (Fsp3) is 0.385. The summed E-state index contributed by atoms with van der Waals surface area (Å²) in [7, 11) is 0. The van der Waals surface area contributed by atoms with Crippen molar-refractivity contribution in [1.82, 2.24) is 10.2 Å². The molecule has 20 heavy (non-hydrogen) atoms. The third-order valence-corrected chi connectivity index (χ3v) is 3.43. The van der Waals surface area contributed by atoms with Gasteiger partial charge >= 0.3 is 0 Å². The molecule has 1 aromatic rings. The maximum Gasteiger partial charge on any atom is 0.282 e. The summed E-state index contributed by atoms with van der Waals surface area (Å²) in [5.74, 6) is -0.771. The molecule has 0 radical (unpaired) electrons. The van der Waals surface area contributed by atoms with E-state index >= 15 is 0 Å². The van der Waals surface area contributed by atoms with Crippen LogP contribution in [0, 0.1) is 10.1 Å². The topological polar surface area (TPSA) is 92.6 Å². The summed E-state index contributed by atoms with van der Waals surface area (Å²) >= 11 is 0. The Hall–Kier alpha value is -2.44. The third kappa shape index (κ3) is 2.22. The van der Waals surface area contributed by atoms with Crippen LogP contribution in [-0.4, -0.2) is 40.3 Å². The summed E-state index contributed by atoms with van der Waals surface area (Å²) in [6.07, 6.45) is 0. The van der Waals surface area contributed by atoms with Gasteiger partial charge in [0, 0.05) is 19.2 Å². The van der Waals surface area contributed by atoms with Gasteiger partial charge in [0.25, 0.3) is 11.6 Å². The first-order chi connectivity index (χ1) is 9.35. The number of piperazine rings is 1. The average molecular weight is 277 g/mol. The summed E-state index contributed by atoms with van der Waals surface area (Å²) in [6, 6.07) is 5.76. The number of rotatable bonds is 2. The lowest BCUT2D eigenvalue weighted by molar-refractivity contribution is -0.385. The second-order valence-electron chi connectivity index (χ2n) is 5.05. The number of para-hydroxylation sites is 1. The molecular weight excluding hydrogens is 262 g/mol. The van der Waals surface area contributed by atoms with Crippen LogP contribution < -0.4 is 5.32 Å². The minimum absolute atomic E-state index is 0.000255. The summed E-state index contributed by atoms with van der Waals surface area (Å²) in [5.41, 5.74) is -1.28. The molecule has 0 saturated carbocycles. The van der Waals surface area contributed by atoms with E-state index in [9.17, 15) is 19.7 Å². The predicted octanol–water partition coefficient (Wildman–Crippen LogP) is 0.945. The Bertz CT molecular complexity index is 583. The van der Waals surface area contributed by atoms with Crippen molar-refractivity contribution in [3.8, 4) is 0 Å². The lowest BCUT2D eigenvalue weighted by Crippen LogP contribution is -2.63. The highest BCUT2D eigenvalue weighted by Gasteiger charge is 2.41. The largest absolute Gasteiger partial charge is 0.352 e. The Morgan fingerprint density at radius 3 is 2.70 bits per heavy atom. The smallest absolute Gasteiger partial charge is 0.282 e. The van der Waals surface area contributed by atoms with E-state index in [1.807, 2.05) is 0 Å². The molecule has 1 aliphatic rings. The number of nitrogens with one attached hydrogen (secondary N) is 1. The van der Waals surface area contributed by atoms with Crippen molar-refractivity contribution in [2.75, 3.05) is 13.1 Å². The summed E-state index contributed by atoms with van der Waals surface area (Å²) in [4.78, 5) is 36.1. The van der Waals surface area contributed by atoms with Crippen molar-refractivity contribution >= 4 is 17.5 Å². The van der Waals surface area contributed by atoms with Crippen LogP contribution in [0.2, 0.25) is 0 Å². The van der Waals surface area contributed by atoms with E-state index in [0.29, 0.717) is 13.1 Å². The molecule has 1 saturated heterocycles. The zero-order chi connectivity index (χ0) is 14.9. The van der Waals surface area contributed by atoms with Gasteiger partial charge in [0.2, 0.25) is 5.91 Å². The lowest BCUT2D eigenvalue weighted by Gasteiger charge is -2.41. The zero-order valence-electron chi connectivity index (χ0n) is 11.3. The molecule has 2 amide bonds. The molecule has 1 N–H and O–H groups in total. The number of nitrogens with zero attached hydrogens (tertiary/aromatic N) is 2. The number of nitro benzene ring substituents is 1. The van der Waals surface area contributed by atoms with Gasteiger partial charge in [-0.25, -0.2) is 0 Å². The number of amides is 2. The van der Waals surface area contributed by atoms with Gasteiger partial charge in [-0.1, -0.05) is 12.1 Å². The lowest BCUT2D eigenvalue weighted by atomic mass is 9.97. The maximum absolute atomic E-state index is 12.5. The third-order valence-electron chi connectivity index (χ3n) is 3.43. The van der Waals surface area contributed by atoms with Crippen molar-refractivity contribution in [2.24, 2.45) is 0 Å². The monoisotopic (exact) mass is 277 g/mol. The van der Waals surface area contributed by atoms with Crippen molar-refractivity contribution < 1.29 is 14.5 Å². The molecule has 7 nitrogen and oxygen atoms in total. The molecule has 7 heteroatoms. The Kier molecular flexibility index (Phi) is 3.44. The summed E-state index contributed by atoms with van der Waals surface area (Å²) in [6.45, 7) is 3.90. The number of carbonyl (C=O) groups excluding carboxylic acids is 2. The van der Waals surface area contributed by atoms with Crippen molar-refractivity contribution in [3.05, 3.63) is 39.9 Å². The zero-order valence-corrected chi connectivity index (χ0v) is 11.3. The number of hydrogen-bond donors (Lipinski definition) is 1. The Balaban J connectivity index is 2.41. The first-order valence-corrected chi connectivity index (χ1v) is 6.19. The van der Waals surface area contributed by atoms with Crippen LogP contribution in [0.5, 0.6) is 0 Å². The Labute approximate surface area is 115 Å². The molecule has 0 aliphatic carbocycles. The SMILES string of the molecule is CC1(C)C(=O)NCCN1C(=O)c1ccccc1[N+](=O)[O-]. The van der Waals surface area contributed by atoms with Gasteiger partial charge in [-0.3, -0.25) is 19.7 Å². The number of nitro groups is 1. The first-order valence-electron chi connectivity index (χ1n) is 6.19. The number of hydrogen-bond acceptors (Lipinski definition) is 4. The maximum atomic E-state index is 12.5. The Morgan fingerprint density at radius 1 is 1.40 bits per heavy atom. The molecular formula is C13H15N3O4. The van der Waals surface area contributed by atoms with E-state index in [1.165, 1.54) is 23.1 Å². The molecule has 2 rings (SSSR count). The second kappa shape index (κ2) is 4.92. The van der Waals surface area contributed by atoms with Crippen LogP contribution in [0.1, 0.15) is 24.2 Å². The van der Waals surface area contributed by atoms with Gasteiger partial charge in [0.05, 0.1) is 4.92 Å². The van der Waals surface area contributed by atoms with Crippen LogP contribution in [0.15, 0.2) is 24.3 Å². The fourth-order valence-corrected chi connectivity index (χ4v) is 2.21. The van der Waals surface area contributed by atoms with Crippen LogP contribution in [0.3, 0.4) is 0 Å². The molecule has 0 spiro atoms. The summed E-state index contributed by atoms with van der Waals surface area (Å²) < 4.78 is 0. The molecule has 1 heterocycles. The van der Waals surface area contributed by atoms with Gasteiger partial charge in [-0.05, 0) is 19.9 Å². The Morgan fingerprint density at radius 2 is 2.05 bits per heavy atom. The number of benzene rings is 1. The highest BCUT2D eigenvalue weighted by Crippen LogP contribution is 2.25. The van der Waals surface area contributed by atoms with Crippen molar-refractivity contribution in [3.63, 3.8) is 0 Å². The normalized spacial score (nSPS) is 17.5. The van der Waals surface area contributed by atoms with Crippen LogP contribution in [0.25, 0.3) is 0 Å². The molecule has 106 valence electrons.